The monoisotopic (exact) mass is 1090 g/mol. The van der Waals surface area contributed by atoms with E-state index in [0.717, 1.165) is 0 Å². The summed E-state index contributed by atoms with van der Waals surface area (Å²) < 4.78 is 118. The lowest BCUT2D eigenvalue weighted by Gasteiger charge is -2.13. The van der Waals surface area contributed by atoms with E-state index in [-0.39, 0.29) is 87.9 Å². The molecule has 8 aromatic carbocycles. The van der Waals surface area contributed by atoms with Crippen molar-refractivity contribution in [1.29, 1.82) is 0 Å². The fourth-order valence-corrected chi connectivity index (χ4v) is 11.1. The molecule has 0 aliphatic rings. The second kappa shape index (κ2) is 21.5. The van der Waals surface area contributed by atoms with Gasteiger partial charge >= 0.3 is 36.1 Å². The van der Waals surface area contributed by atoms with Gasteiger partial charge in [-0.1, -0.05) is 60.7 Å². The largest absolute Gasteiger partial charge is 0.508 e. The van der Waals surface area contributed by atoms with Crippen molar-refractivity contribution < 1.29 is 63.9 Å². The Morgan fingerprint density at radius 1 is 0.260 bits per heavy atom. The normalized spacial score (nSPS) is 11.5. The molecule has 20 nitrogen and oxygen atoms in total. The first-order chi connectivity index (χ1) is 37.1. The zero-order valence-corrected chi connectivity index (χ0v) is 41.8. The first-order valence-electron chi connectivity index (χ1n) is 22.6. The molecule has 0 radical (unpaired) electrons. The third-order valence-corrected chi connectivity index (χ3v) is 16.1. The van der Waals surface area contributed by atoms with Gasteiger partial charge < -0.3 is 38.6 Å². The number of phenolic OH excluding ortho intramolecular Hbond substituents is 2. The molecule has 10 rings (SSSR count). The van der Waals surface area contributed by atoms with E-state index >= 15 is 0 Å². The molecule has 2 aromatic heterocycles. The first kappa shape index (κ1) is 50.6. The van der Waals surface area contributed by atoms with Crippen LogP contribution in [0.5, 0.6) is 82.1 Å². The maximum absolute atomic E-state index is 13.9. The van der Waals surface area contributed by atoms with Crippen molar-refractivity contribution in [1.82, 2.24) is 29.9 Å². The van der Waals surface area contributed by atoms with Crippen molar-refractivity contribution in [2.75, 3.05) is 0 Å². The molecule has 2 N–H and O–H groups in total. The number of ether oxygens (including phenoxy) is 6. The van der Waals surface area contributed by atoms with Crippen LogP contribution in [0.15, 0.2) is 236 Å². The lowest BCUT2D eigenvalue weighted by atomic mass is 10.3. The Hall–Kier alpha value is -9.97. The van der Waals surface area contributed by atoms with E-state index in [0.29, 0.717) is 11.5 Å². The van der Waals surface area contributed by atoms with Gasteiger partial charge in [-0.2, -0.15) is 0 Å². The molecular formula is C54H36N6O14S3. The van der Waals surface area contributed by atoms with Gasteiger partial charge in [-0.25, -0.2) is 25.3 Å². The molecule has 0 aliphatic carbocycles. The van der Waals surface area contributed by atoms with Crippen molar-refractivity contribution in [3.63, 3.8) is 0 Å². The minimum absolute atomic E-state index is 0.0876. The fourth-order valence-electron chi connectivity index (χ4n) is 7.04. The Balaban J connectivity index is 0.875. The average molecular weight is 1090 g/mol. The standard InChI is InChI=1S/C54H36N6O14S3/c61-35-19-27-43(28-20-35)76(65,66)47-17-9-7-15-45(47)73-53-57-49(69-37-11-3-1-4-12-37)55-51(59-53)71-39-23-31-41(32-24-39)75(63,64)42-33-25-40(26-34-42)72-52-56-50(70-38-13-5-2-6-14-38)58-54(60-52)74-46-16-8-10-18-48(46)77(67,68)44-29-21-36(62)22-30-44/h1-34,61-62H. The SMILES string of the molecule is O=S(=O)(c1ccc(Oc2nc(Oc3ccccc3)nc(Oc3ccccc3S(=O)(=O)c3ccc(O)cc3)n2)cc1)c1ccc(Oc2nc(Oc3ccccc3)nc(Oc3ccccc3S(=O)(=O)c3ccc(O)cc3)n2)cc1. The molecular weight excluding hydrogens is 1050 g/mol. The summed E-state index contributed by atoms with van der Waals surface area (Å²) in [7, 11) is -12.5. The fraction of sp³-hybridized carbons (Fsp3) is 0. The highest BCUT2D eigenvalue weighted by Crippen LogP contribution is 2.37. The molecule has 0 unspecified atom stereocenters. The molecule has 0 spiro atoms. The molecule has 23 heteroatoms. The zero-order chi connectivity index (χ0) is 53.6. The molecule has 0 aliphatic heterocycles. The number of aromatic nitrogens is 6. The summed E-state index contributed by atoms with van der Waals surface area (Å²) in [6.07, 6.45) is 0. The molecule has 77 heavy (non-hydrogen) atoms. The molecule has 384 valence electrons. The highest BCUT2D eigenvalue weighted by atomic mass is 32.2. The number of nitrogens with zero attached hydrogens (tertiary/aromatic N) is 6. The second-order valence-electron chi connectivity index (χ2n) is 15.9. The zero-order valence-electron chi connectivity index (χ0n) is 39.3. The molecule has 0 fully saturated rings. The molecule has 0 amide bonds. The van der Waals surface area contributed by atoms with E-state index in [2.05, 4.69) is 29.9 Å². The van der Waals surface area contributed by atoms with Crippen molar-refractivity contribution in [2.45, 2.75) is 29.4 Å². The number of rotatable bonds is 18. The van der Waals surface area contributed by atoms with Crippen LogP contribution in [-0.4, -0.2) is 65.4 Å². The maximum Gasteiger partial charge on any atom is 0.331 e. The van der Waals surface area contributed by atoms with E-state index in [1.54, 1.807) is 72.8 Å². The lowest BCUT2D eigenvalue weighted by molar-refractivity contribution is 0.358. The van der Waals surface area contributed by atoms with Crippen molar-refractivity contribution in [3.05, 3.63) is 206 Å². The number of para-hydroxylation sites is 4. The van der Waals surface area contributed by atoms with Gasteiger partial charge in [0.1, 0.15) is 55.8 Å². The summed E-state index contributed by atoms with van der Waals surface area (Å²) in [4.78, 5) is 24.5. The molecule has 0 saturated carbocycles. The maximum atomic E-state index is 13.9. The second-order valence-corrected chi connectivity index (χ2v) is 21.7. The minimum atomic E-state index is -4.17. The number of phenols is 2. The van der Waals surface area contributed by atoms with E-state index < -0.39 is 41.5 Å². The highest BCUT2D eigenvalue weighted by molar-refractivity contribution is 7.92. The molecule has 0 saturated heterocycles. The lowest BCUT2D eigenvalue weighted by Crippen LogP contribution is -2.06. The summed E-state index contributed by atoms with van der Waals surface area (Å²) in [5, 5.41) is 19.5. The quantitative estimate of drug-likeness (QED) is 0.0808. The van der Waals surface area contributed by atoms with Crippen LogP contribution in [0.1, 0.15) is 0 Å². The van der Waals surface area contributed by atoms with Gasteiger partial charge in [0.2, 0.25) is 29.5 Å². The molecule has 0 bridgehead atoms. The van der Waals surface area contributed by atoms with Crippen LogP contribution in [0.2, 0.25) is 0 Å². The Morgan fingerprint density at radius 3 is 0.831 bits per heavy atom. The number of sulfone groups is 3. The number of benzene rings is 8. The summed E-state index contributed by atoms with van der Waals surface area (Å²) >= 11 is 0. The summed E-state index contributed by atoms with van der Waals surface area (Å²) in [5.41, 5.74) is 0. The van der Waals surface area contributed by atoms with Crippen LogP contribution in [-0.2, 0) is 29.5 Å². The Morgan fingerprint density at radius 2 is 0.506 bits per heavy atom. The van der Waals surface area contributed by atoms with Gasteiger partial charge in [0.25, 0.3) is 0 Å². The van der Waals surface area contributed by atoms with Crippen LogP contribution >= 0.6 is 0 Å². The highest BCUT2D eigenvalue weighted by Gasteiger charge is 2.26. The Kier molecular flexibility index (Phi) is 14.1. The predicted molar refractivity (Wildman–Crippen MR) is 271 cm³/mol. The van der Waals surface area contributed by atoms with Crippen molar-refractivity contribution >= 4 is 29.5 Å². The third kappa shape index (κ3) is 11.7. The summed E-state index contributed by atoms with van der Waals surface area (Å²) in [6.45, 7) is 0. The van der Waals surface area contributed by atoms with E-state index in [1.165, 1.54) is 133 Å². The van der Waals surface area contributed by atoms with E-state index in [9.17, 15) is 35.5 Å². The molecule has 0 atom stereocenters. The number of aromatic hydroxyl groups is 2. The van der Waals surface area contributed by atoms with E-state index in [4.69, 9.17) is 28.4 Å². The summed E-state index contributed by atoms with van der Waals surface area (Å²) in [5.74, 6) is 0.332. The first-order valence-corrected chi connectivity index (χ1v) is 27.0. The Labute approximate surface area is 438 Å². The molecule has 2 heterocycles. The topological polar surface area (TPSA) is 276 Å². The van der Waals surface area contributed by atoms with Crippen molar-refractivity contribution in [2.24, 2.45) is 0 Å². The van der Waals surface area contributed by atoms with Gasteiger partial charge in [0.15, 0.2) is 0 Å². The van der Waals surface area contributed by atoms with E-state index in [1.807, 2.05) is 0 Å². The van der Waals surface area contributed by atoms with Crippen molar-refractivity contribution in [3.8, 4) is 82.1 Å². The van der Waals surface area contributed by atoms with Gasteiger partial charge in [-0.15, -0.1) is 29.9 Å². The van der Waals surface area contributed by atoms with Crippen LogP contribution in [0.3, 0.4) is 0 Å². The third-order valence-electron chi connectivity index (χ3n) is 10.7. The predicted octanol–water partition coefficient (Wildman–Crippen LogP) is 10.7. The van der Waals surface area contributed by atoms with Crippen LogP contribution in [0.4, 0.5) is 0 Å². The number of hydrogen-bond acceptors (Lipinski definition) is 20. The van der Waals surface area contributed by atoms with Gasteiger partial charge in [-0.3, -0.25) is 0 Å². The molecule has 10 aromatic rings. The van der Waals surface area contributed by atoms with Gasteiger partial charge in [0.05, 0.1) is 19.6 Å². The summed E-state index contributed by atoms with van der Waals surface area (Å²) in [6, 6.07) is 47.1. The smallest absolute Gasteiger partial charge is 0.331 e. The van der Waals surface area contributed by atoms with Gasteiger partial charge in [-0.05, 0) is 146 Å². The average Bonchev–Trinajstić information content (AvgIpc) is 3.43. The minimum Gasteiger partial charge on any atom is -0.508 e. The van der Waals surface area contributed by atoms with Crippen LogP contribution < -0.4 is 28.4 Å². The van der Waals surface area contributed by atoms with Crippen LogP contribution in [0.25, 0.3) is 0 Å². The number of hydrogen-bond donors (Lipinski definition) is 2. The van der Waals surface area contributed by atoms with Crippen LogP contribution in [0, 0.1) is 0 Å². The Bertz CT molecular complexity index is 3830. The van der Waals surface area contributed by atoms with Gasteiger partial charge in [0, 0.05) is 0 Å².